The van der Waals surface area contributed by atoms with Gasteiger partial charge in [-0.3, -0.25) is 0 Å². The molecule has 3 aliphatic carbocycles. The lowest BCUT2D eigenvalue weighted by molar-refractivity contribution is 0.660. The Labute approximate surface area is 474 Å². The summed E-state index contributed by atoms with van der Waals surface area (Å²) in [6, 6.07) is 105. The topological polar surface area (TPSA) is 6.48 Å². The summed E-state index contributed by atoms with van der Waals surface area (Å²) in [5.74, 6) is 0. The van der Waals surface area contributed by atoms with Crippen LogP contribution in [0.4, 0.5) is 34.1 Å². The summed E-state index contributed by atoms with van der Waals surface area (Å²) in [6.45, 7) is 9.48. The zero-order chi connectivity index (χ0) is 54.2. The van der Waals surface area contributed by atoms with Crippen molar-refractivity contribution >= 4 is 66.4 Å². The van der Waals surface area contributed by atoms with Crippen molar-refractivity contribution in [2.45, 2.75) is 43.9 Å². The van der Waals surface area contributed by atoms with Crippen LogP contribution in [0.2, 0.25) is 0 Å². The zero-order valence-corrected chi connectivity index (χ0v) is 46.0. The zero-order valence-electron chi connectivity index (χ0n) is 46.0. The molecule has 13 aromatic rings. The van der Waals surface area contributed by atoms with E-state index >= 15 is 0 Å². The van der Waals surface area contributed by atoms with Crippen LogP contribution in [0.25, 0.3) is 65.7 Å². The van der Waals surface area contributed by atoms with E-state index in [1.54, 1.807) is 0 Å². The predicted molar refractivity (Wildman–Crippen MR) is 341 cm³/mol. The van der Waals surface area contributed by atoms with Gasteiger partial charge in [0, 0.05) is 45.0 Å². The number of anilines is 6. The Balaban J connectivity index is 0.929. The first kappa shape index (κ1) is 47.3. The van der Waals surface area contributed by atoms with Crippen molar-refractivity contribution < 1.29 is 0 Å². The van der Waals surface area contributed by atoms with E-state index in [4.69, 9.17) is 0 Å². The third-order valence-electron chi connectivity index (χ3n) is 18.6. The summed E-state index contributed by atoms with van der Waals surface area (Å²) in [7, 11) is 0. The van der Waals surface area contributed by atoms with E-state index in [1.807, 2.05) is 0 Å². The van der Waals surface area contributed by atoms with Crippen molar-refractivity contribution in [2.24, 2.45) is 0 Å². The van der Waals surface area contributed by atoms with Crippen LogP contribution in [0.3, 0.4) is 0 Å². The number of para-hydroxylation sites is 2. The molecule has 0 spiro atoms. The summed E-state index contributed by atoms with van der Waals surface area (Å²) in [4.78, 5) is 4.91. The molecule has 0 atom stereocenters. The second kappa shape index (κ2) is 17.6. The Morgan fingerprint density at radius 2 is 0.679 bits per heavy atom. The van der Waals surface area contributed by atoms with Crippen LogP contribution in [-0.4, -0.2) is 0 Å². The molecule has 0 radical (unpaired) electrons. The maximum Gasteiger partial charge on any atom is 0.0720 e. The molecule has 0 saturated heterocycles. The summed E-state index contributed by atoms with van der Waals surface area (Å²) in [5.41, 5.74) is 24.2. The maximum absolute atomic E-state index is 2.54. The van der Waals surface area contributed by atoms with Crippen LogP contribution in [0, 0.1) is 0 Å². The van der Waals surface area contributed by atoms with Gasteiger partial charge in [-0.1, -0.05) is 222 Å². The van der Waals surface area contributed by atoms with E-state index in [2.05, 4.69) is 317 Å². The first-order valence-electron chi connectivity index (χ1n) is 28.6. The van der Waals surface area contributed by atoms with Crippen molar-refractivity contribution in [3.8, 4) is 33.4 Å². The molecule has 2 heteroatoms. The van der Waals surface area contributed by atoms with E-state index in [9.17, 15) is 0 Å². The van der Waals surface area contributed by atoms with Gasteiger partial charge < -0.3 is 9.80 Å². The van der Waals surface area contributed by atoms with E-state index in [1.165, 1.54) is 110 Å². The monoisotopic (exact) mass is 1030 g/mol. The van der Waals surface area contributed by atoms with E-state index in [-0.39, 0.29) is 10.8 Å². The highest BCUT2D eigenvalue weighted by Crippen LogP contribution is 2.62. The molecule has 13 aromatic carbocycles. The van der Waals surface area contributed by atoms with Gasteiger partial charge in [0.05, 0.1) is 5.41 Å². The fourth-order valence-electron chi connectivity index (χ4n) is 14.9. The van der Waals surface area contributed by atoms with Gasteiger partial charge in [-0.05, 0) is 195 Å². The minimum Gasteiger partial charge on any atom is -0.310 e. The Hall–Kier alpha value is -9.76. The molecule has 3 aliphatic rings. The van der Waals surface area contributed by atoms with Gasteiger partial charge in [-0.2, -0.15) is 0 Å². The second-order valence-corrected chi connectivity index (χ2v) is 23.6. The molecule has 0 aromatic heterocycles. The van der Waals surface area contributed by atoms with Crippen molar-refractivity contribution in [3.63, 3.8) is 0 Å². The molecule has 0 amide bonds. The first-order chi connectivity index (χ1) is 39.7. The lowest BCUT2D eigenvalue weighted by Gasteiger charge is -2.35. The lowest BCUT2D eigenvalue weighted by Crippen LogP contribution is -2.29. The smallest absolute Gasteiger partial charge is 0.0720 e. The van der Waals surface area contributed by atoms with Crippen LogP contribution in [0.5, 0.6) is 0 Å². The largest absolute Gasteiger partial charge is 0.310 e. The van der Waals surface area contributed by atoms with Gasteiger partial charge in [0.15, 0.2) is 0 Å². The van der Waals surface area contributed by atoms with Gasteiger partial charge in [-0.25, -0.2) is 0 Å². The Bertz CT molecular complexity index is 4650. The van der Waals surface area contributed by atoms with Crippen molar-refractivity contribution in [1.82, 2.24) is 0 Å². The first-order valence-corrected chi connectivity index (χ1v) is 28.6. The van der Waals surface area contributed by atoms with Crippen molar-refractivity contribution in [3.05, 3.63) is 324 Å². The molecule has 16 rings (SSSR count). The van der Waals surface area contributed by atoms with Gasteiger partial charge >= 0.3 is 0 Å². The average molecular weight is 1040 g/mol. The maximum atomic E-state index is 2.54. The van der Waals surface area contributed by atoms with Crippen molar-refractivity contribution in [2.75, 3.05) is 9.80 Å². The summed E-state index contributed by atoms with van der Waals surface area (Å²) < 4.78 is 0. The molecular formula is C79H58N2. The third-order valence-corrected chi connectivity index (χ3v) is 18.6. The quantitative estimate of drug-likeness (QED) is 0.140. The third kappa shape index (κ3) is 6.80. The van der Waals surface area contributed by atoms with Crippen LogP contribution in [-0.2, 0) is 16.2 Å². The number of fused-ring (bicyclic) bond motifs is 15. The normalized spacial score (nSPS) is 14.5. The SMILES string of the molecule is CC1(C)c2ccccc2-c2ccc(N(c3ccccc3)c3ccc4cc5c(cc4c3)C(c3ccccc3)(c3ccccc3)c3c-5c4ccccc4c4cc(N(c5ccccc5)c5ccc6c(c5)C(C)(C)c5ccccc5-6)ccc34)cc21. The molecule has 384 valence electrons. The van der Waals surface area contributed by atoms with E-state index < -0.39 is 5.41 Å². The second-order valence-electron chi connectivity index (χ2n) is 23.6. The average Bonchev–Trinajstić information content (AvgIpc) is 3.71. The Kier molecular flexibility index (Phi) is 10.3. The van der Waals surface area contributed by atoms with Gasteiger partial charge in [0.25, 0.3) is 0 Å². The molecule has 0 unspecified atom stereocenters. The number of nitrogens with zero attached hydrogens (tertiary/aromatic N) is 2. The fraction of sp³-hybridized carbons (Fsp3) is 0.0886. The van der Waals surface area contributed by atoms with Gasteiger partial charge in [0.1, 0.15) is 0 Å². The van der Waals surface area contributed by atoms with Crippen LogP contribution in [0.1, 0.15) is 72.2 Å². The van der Waals surface area contributed by atoms with E-state index in [0.717, 1.165) is 34.1 Å². The molecule has 0 N–H and O–H groups in total. The molecule has 81 heavy (non-hydrogen) atoms. The molecule has 0 bridgehead atoms. The molecule has 0 aliphatic heterocycles. The highest BCUT2D eigenvalue weighted by atomic mass is 15.1. The standard InChI is InChI=1S/C79H58N2/c1-77(2)70-35-21-19-32-62(70)64-42-39-59(49-72(64)77)80(55-27-13-7-14-28-55)57-38-37-51-46-69-74(47-52(51)45-57)79(53-23-9-5-10-24-53,54-25-11-6-12-26-54)76-67-44-41-58(48-68(67)61-31-17-18-34-66(61)75(69)76)81(56-29-15-8-16-30-56)60-40-43-65-63-33-20-22-36-71(63)78(3,4)73(65)50-60/h5-50H,1-4H3. The van der Waals surface area contributed by atoms with Crippen LogP contribution < -0.4 is 9.80 Å². The summed E-state index contributed by atoms with van der Waals surface area (Å²) in [6.07, 6.45) is 0. The Morgan fingerprint density at radius 1 is 0.247 bits per heavy atom. The number of hydrogen-bond acceptors (Lipinski definition) is 2. The van der Waals surface area contributed by atoms with Crippen LogP contribution >= 0.6 is 0 Å². The highest BCUT2D eigenvalue weighted by molar-refractivity contribution is 6.20. The van der Waals surface area contributed by atoms with E-state index in [0.29, 0.717) is 0 Å². The summed E-state index contributed by atoms with van der Waals surface area (Å²) in [5, 5.41) is 7.37. The molecule has 0 saturated carbocycles. The summed E-state index contributed by atoms with van der Waals surface area (Å²) >= 11 is 0. The van der Waals surface area contributed by atoms with Crippen molar-refractivity contribution in [1.29, 1.82) is 0 Å². The minimum absolute atomic E-state index is 0.133. The molecule has 0 heterocycles. The molecule has 0 fully saturated rings. The van der Waals surface area contributed by atoms with Gasteiger partial charge in [-0.15, -0.1) is 0 Å². The Morgan fingerprint density at radius 3 is 1.23 bits per heavy atom. The van der Waals surface area contributed by atoms with Crippen LogP contribution in [0.15, 0.2) is 279 Å². The number of hydrogen-bond donors (Lipinski definition) is 0. The predicted octanol–water partition coefficient (Wildman–Crippen LogP) is 21.1. The van der Waals surface area contributed by atoms with Gasteiger partial charge in [0.2, 0.25) is 0 Å². The fourth-order valence-corrected chi connectivity index (χ4v) is 14.9. The number of benzene rings is 13. The highest BCUT2D eigenvalue weighted by Gasteiger charge is 2.48. The molecule has 2 nitrogen and oxygen atoms in total. The molecular weight excluding hydrogens is 977 g/mol. The lowest BCUT2D eigenvalue weighted by atomic mass is 9.66. The number of rotatable bonds is 8. The minimum atomic E-state index is -0.680.